The number of guanidine groups is 1. The van der Waals surface area contributed by atoms with Crippen LogP contribution in [0.3, 0.4) is 0 Å². The van der Waals surface area contributed by atoms with Gasteiger partial charge >= 0.3 is 0 Å². The Morgan fingerprint density at radius 1 is 0.794 bits per heavy atom. The summed E-state index contributed by atoms with van der Waals surface area (Å²) < 4.78 is 16.2. The molecule has 0 heterocycles. The Labute approximate surface area is 197 Å². The van der Waals surface area contributed by atoms with Crippen molar-refractivity contribution in [3.05, 3.63) is 77.9 Å². The minimum atomic E-state index is -0.536. The Morgan fingerprint density at radius 2 is 1.41 bits per heavy atom. The van der Waals surface area contributed by atoms with Gasteiger partial charge in [-0.15, -0.1) is 0 Å². The lowest BCUT2D eigenvalue weighted by Crippen LogP contribution is -2.35. The zero-order valence-corrected chi connectivity index (χ0v) is 19.1. The van der Waals surface area contributed by atoms with Gasteiger partial charge < -0.3 is 24.8 Å². The highest BCUT2D eigenvalue weighted by atomic mass is 16.5. The van der Waals surface area contributed by atoms with Gasteiger partial charge in [-0.25, -0.2) is 0 Å². The maximum absolute atomic E-state index is 12.7. The molecule has 34 heavy (non-hydrogen) atoms. The van der Waals surface area contributed by atoms with Gasteiger partial charge in [0.1, 0.15) is 0 Å². The van der Waals surface area contributed by atoms with Gasteiger partial charge in [0.2, 0.25) is 5.75 Å². The number of hydrogen-bond donors (Lipinski definition) is 4. The molecule has 0 saturated carbocycles. The van der Waals surface area contributed by atoms with E-state index in [4.69, 9.17) is 19.6 Å². The van der Waals surface area contributed by atoms with Gasteiger partial charge in [0.05, 0.1) is 20.8 Å². The van der Waals surface area contributed by atoms with Crippen LogP contribution in [0.5, 0.6) is 17.2 Å². The van der Waals surface area contributed by atoms with Crippen molar-refractivity contribution in [3.8, 4) is 17.2 Å². The zero-order chi connectivity index (χ0) is 24.5. The predicted molar refractivity (Wildman–Crippen MR) is 130 cm³/mol. The first-order valence-electron chi connectivity index (χ1n) is 10.5. The first kappa shape index (κ1) is 24.1. The molecule has 0 atom stereocenters. The largest absolute Gasteiger partial charge is 0.493 e. The normalized spacial score (nSPS) is 10.1. The average Bonchev–Trinajstić information content (AvgIpc) is 2.84. The molecule has 176 valence electrons. The van der Waals surface area contributed by atoms with Gasteiger partial charge in [0, 0.05) is 22.5 Å². The molecular weight excluding hydrogens is 436 g/mol. The minimum absolute atomic E-state index is 0.229. The summed E-state index contributed by atoms with van der Waals surface area (Å²) in [4.78, 5) is 25.1. The quantitative estimate of drug-likeness (QED) is 0.295. The van der Waals surface area contributed by atoms with Crippen molar-refractivity contribution in [1.29, 1.82) is 5.41 Å². The van der Waals surface area contributed by atoms with Crippen LogP contribution < -0.4 is 30.2 Å². The van der Waals surface area contributed by atoms with Gasteiger partial charge in [-0.05, 0) is 49.4 Å². The number of rotatable bonds is 8. The van der Waals surface area contributed by atoms with E-state index >= 15 is 0 Å². The van der Waals surface area contributed by atoms with Gasteiger partial charge in [-0.2, -0.15) is 0 Å². The second-order valence-electron chi connectivity index (χ2n) is 7.00. The van der Waals surface area contributed by atoms with E-state index in [9.17, 15) is 9.59 Å². The molecule has 4 N–H and O–H groups in total. The Kier molecular flexibility index (Phi) is 8.07. The highest BCUT2D eigenvalue weighted by Gasteiger charge is 2.18. The molecule has 3 aromatic rings. The minimum Gasteiger partial charge on any atom is -0.493 e. The van der Waals surface area contributed by atoms with E-state index < -0.39 is 5.91 Å². The van der Waals surface area contributed by atoms with E-state index in [0.717, 1.165) is 0 Å². The molecule has 9 heteroatoms. The van der Waals surface area contributed by atoms with E-state index in [-0.39, 0.29) is 17.4 Å². The fraction of sp³-hybridized carbons (Fsp3) is 0.160. The van der Waals surface area contributed by atoms with Crippen molar-refractivity contribution in [2.45, 2.75) is 6.92 Å². The SMILES string of the molecule is CCOc1c(OC)cc(C(=O)NC(=N)Nc2cccc(NC(=O)c3ccccc3)c2)cc1OC. The number of amides is 2. The second-order valence-corrected chi connectivity index (χ2v) is 7.00. The van der Waals surface area contributed by atoms with E-state index in [0.29, 0.717) is 40.8 Å². The number of methoxy groups -OCH3 is 2. The smallest absolute Gasteiger partial charge is 0.258 e. The fourth-order valence-corrected chi connectivity index (χ4v) is 3.13. The van der Waals surface area contributed by atoms with Crippen molar-refractivity contribution < 1.29 is 23.8 Å². The molecule has 0 bridgehead atoms. The molecular formula is C25H26N4O5. The van der Waals surface area contributed by atoms with Crippen LogP contribution in [-0.2, 0) is 0 Å². The molecule has 0 radical (unpaired) electrons. The van der Waals surface area contributed by atoms with Crippen LogP contribution in [-0.4, -0.2) is 38.6 Å². The summed E-state index contributed by atoms with van der Waals surface area (Å²) in [5.41, 5.74) is 1.81. The first-order chi connectivity index (χ1) is 16.4. The number of hydrogen-bond acceptors (Lipinski definition) is 6. The third-order valence-corrected chi connectivity index (χ3v) is 4.68. The number of benzene rings is 3. The van der Waals surface area contributed by atoms with E-state index in [1.165, 1.54) is 26.4 Å². The fourth-order valence-electron chi connectivity index (χ4n) is 3.13. The molecule has 0 spiro atoms. The monoisotopic (exact) mass is 462 g/mol. The Hall–Kier alpha value is -4.53. The van der Waals surface area contributed by atoms with Gasteiger partial charge in [0.25, 0.3) is 11.8 Å². The van der Waals surface area contributed by atoms with Crippen LogP contribution in [0.1, 0.15) is 27.6 Å². The highest BCUT2D eigenvalue weighted by molar-refractivity contribution is 6.09. The molecule has 9 nitrogen and oxygen atoms in total. The molecule has 3 aromatic carbocycles. The Bertz CT molecular complexity index is 1160. The predicted octanol–water partition coefficient (Wildman–Crippen LogP) is 4.13. The number of carbonyl (C=O) groups is 2. The Balaban J connectivity index is 1.67. The summed E-state index contributed by atoms with van der Waals surface area (Å²) in [5.74, 6) is 0.0422. The van der Waals surface area contributed by atoms with Gasteiger partial charge in [-0.3, -0.25) is 20.3 Å². The molecule has 0 aromatic heterocycles. The van der Waals surface area contributed by atoms with E-state index in [1.54, 1.807) is 48.5 Å². The van der Waals surface area contributed by atoms with Crippen molar-refractivity contribution in [1.82, 2.24) is 5.32 Å². The van der Waals surface area contributed by atoms with Crippen LogP contribution in [0.4, 0.5) is 11.4 Å². The van der Waals surface area contributed by atoms with E-state index in [2.05, 4.69) is 16.0 Å². The summed E-state index contributed by atoms with van der Waals surface area (Å²) in [6.45, 7) is 2.23. The maximum Gasteiger partial charge on any atom is 0.258 e. The highest BCUT2D eigenvalue weighted by Crippen LogP contribution is 2.38. The molecule has 0 aliphatic carbocycles. The third-order valence-electron chi connectivity index (χ3n) is 4.68. The van der Waals surface area contributed by atoms with Crippen LogP contribution in [0, 0.1) is 5.41 Å². The second kappa shape index (κ2) is 11.4. The molecule has 0 unspecified atom stereocenters. The summed E-state index contributed by atoms with van der Waals surface area (Å²) in [6.07, 6.45) is 0. The van der Waals surface area contributed by atoms with Crippen LogP contribution in [0.15, 0.2) is 66.7 Å². The standard InChI is InChI=1S/C25H26N4O5/c1-4-34-22-20(32-2)13-17(14-21(22)33-3)24(31)29-25(26)28-19-12-8-11-18(15-19)27-23(30)16-9-6-5-7-10-16/h5-15H,4H2,1-3H3,(H,27,30)(H3,26,28,29,31). The molecule has 0 aliphatic heterocycles. The third kappa shape index (κ3) is 6.04. The average molecular weight is 463 g/mol. The van der Waals surface area contributed by atoms with Gasteiger partial charge in [-0.1, -0.05) is 24.3 Å². The number of anilines is 2. The number of nitrogens with one attached hydrogen (secondary N) is 4. The molecule has 0 fully saturated rings. The summed E-state index contributed by atoms with van der Waals surface area (Å²) in [5, 5.41) is 16.2. The lowest BCUT2D eigenvalue weighted by Gasteiger charge is -2.16. The Morgan fingerprint density at radius 3 is 2.00 bits per heavy atom. The zero-order valence-electron chi connectivity index (χ0n) is 19.1. The number of carbonyl (C=O) groups excluding carboxylic acids is 2. The lowest BCUT2D eigenvalue weighted by atomic mass is 10.1. The number of ether oxygens (including phenoxy) is 3. The molecule has 2 amide bonds. The maximum atomic E-state index is 12.7. The van der Waals surface area contributed by atoms with Crippen molar-refractivity contribution in [2.24, 2.45) is 0 Å². The first-order valence-corrected chi connectivity index (χ1v) is 10.5. The molecule has 0 saturated heterocycles. The van der Waals surface area contributed by atoms with Crippen LogP contribution in [0.25, 0.3) is 0 Å². The van der Waals surface area contributed by atoms with Crippen molar-refractivity contribution in [3.63, 3.8) is 0 Å². The van der Waals surface area contributed by atoms with Crippen LogP contribution in [0.2, 0.25) is 0 Å². The van der Waals surface area contributed by atoms with Crippen molar-refractivity contribution in [2.75, 3.05) is 31.5 Å². The van der Waals surface area contributed by atoms with Crippen LogP contribution >= 0.6 is 0 Å². The summed E-state index contributed by atoms with van der Waals surface area (Å²) in [7, 11) is 2.93. The molecule has 3 rings (SSSR count). The summed E-state index contributed by atoms with van der Waals surface area (Å²) >= 11 is 0. The van der Waals surface area contributed by atoms with Gasteiger partial charge in [0.15, 0.2) is 17.5 Å². The molecule has 0 aliphatic rings. The lowest BCUT2D eigenvalue weighted by molar-refractivity contribution is 0.0974. The van der Waals surface area contributed by atoms with Crippen molar-refractivity contribution >= 4 is 29.1 Å². The summed E-state index contributed by atoms with van der Waals surface area (Å²) in [6, 6.07) is 18.7. The topological polar surface area (TPSA) is 122 Å². The van der Waals surface area contributed by atoms with E-state index in [1.807, 2.05) is 13.0 Å².